The summed E-state index contributed by atoms with van der Waals surface area (Å²) in [6, 6.07) is 10.9. The lowest BCUT2D eigenvalue weighted by atomic mass is 10.3. The van der Waals surface area contributed by atoms with Crippen molar-refractivity contribution in [3.8, 4) is 0 Å². The third kappa shape index (κ3) is 4.04. The molecule has 0 aliphatic rings. The van der Waals surface area contributed by atoms with Crippen LogP contribution in [0.25, 0.3) is 10.2 Å². The number of aromatic nitrogens is 1. The van der Waals surface area contributed by atoms with E-state index in [2.05, 4.69) is 10.0 Å². The lowest BCUT2D eigenvalue weighted by Gasteiger charge is -2.10. The summed E-state index contributed by atoms with van der Waals surface area (Å²) >= 11 is 1.08. The molecule has 0 aliphatic carbocycles. The highest BCUT2D eigenvalue weighted by atomic mass is 32.2. The van der Waals surface area contributed by atoms with E-state index in [0.29, 0.717) is 11.4 Å². The molecule has 0 atom stereocenters. The maximum atomic E-state index is 12.6. The number of amides is 1. The highest BCUT2D eigenvalue weighted by molar-refractivity contribution is 7.92. The topological polar surface area (TPSA) is 97.3 Å². The van der Waals surface area contributed by atoms with Crippen LogP contribution in [-0.2, 0) is 14.8 Å². The number of benzene rings is 2. The average Bonchev–Trinajstić information content (AvgIpc) is 2.89. The summed E-state index contributed by atoms with van der Waals surface area (Å²) in [7, 11) is -3.79. The lowest BCUT2D eigenvalue weighted by Crippen LogP contribution is -2.15. The Bertz CT molecular complexity index is 1160. The Morgan fingerprint density at radius 3 is 2.30 bits per heavy atom. The van der Waals surface area contributed by atoms with Gasteiger partial charge in [0, 0.05) is 18.7 Å². The fraction of sp³-hybridized carbons (Fsp3) is 0.222. The molecule has 1 heterocycles. The van der Waals surface area contributed by atoms with Gasteiger partial charge in [0.05, 0.1) is 20.8 Å². The number of hydrogen-bond acceptors (Lipinski definition) is 5. The van der Waals surface area contributed by atoms with Crippen molar-refractivity contribution in [1.82, 2.24) is 4.57 Å². The number of fused-ring (bicyclic) bond motifs is 1. The zero-order valence-corrected chi connectivity index (χ0v) is 16.6. The van der Waals surface area contributed by atoms with E-state index in [1.54, 1.807) is 22.8 Å². The fourth-order valence-electron chi connectivity index (χ4n) is 2.72. The lowest BCUT2D eigenvalue weighted by molar-refractivity contribution is -0.114. The van der Waals surface area contributed by atoms with Gasteiger partial charge in [-0.3, -0.25) is 18.9 Å². The van der Waals surface area contributed by atoms with Gasteiger partial charge in [0.1, 0.15) is 0 Å². The minimum Gasteiger partial charge on any atom is -0.326 e. The molecule has 7 nitrogen and oxygen atoms in total. The first kappa shape index (κ1) is 19.1. The second-order valence-corrected chi connectivity index (χ2v) is 9.00. The van der Waals surface area contributed by atoms with Crippen molar-refractivity contribution in [2.45, 2.75) is 31.7 Å². The van der Waals surface area contributed by atoms with E-state index in [0.717, 1.165) is 21.6 Å². The zero-order chi connectivity index (χ0) is 19.8. The Labute approximate surface area is 160 Å². The first-order valence-corrected chi connectivity index (χ1v) is 10.5. The molecular weight excluding hydrogens is 386 g/mol. The van der Waals surface area contributed by atoms with E-state index in [1.165, 1.54) is 31.2 Å². The summed E-state index contributed by atoms with van der Waals surface area (Å²) in [5.74, 6) is -0.232. The van der Waals surface area contributed by atoms with Crippen molar-refractivity contribution in [3.05, 3.63) is 52.1 Å². The molecule has 0 saturated heterocycles. The minimum absolute atomic E-state index is 0.0240. The molecule has 1 aromatic heterocycles. The number of rotatable bonds is 5. The van der Waals surface area contributed by atoms with Crippen LogP contribution in [0.2, 0.25) is 0 Å². The predicted octanol–water partition coefficient (Wildman–Crippen LogP) is 3.40. The van der Waals surface area contributed by atoms with E-state index in [-0.39, 0.29) is 21.7 Å². The molecule has 3 aromatic rings. The Kier molecular flexibility index (Phi) is 5.07. The van der Waals surface area contributed by atoms with E-state index >= 15 is 0 Å². The number of hydrogen-bond donors (Lipinski definition) is 2. The van der Waals surface area contributed by atoms with E-state index < -0.39 is 10.0 Å². The second-order valence-electron chi connectivity index (χ2n) is 6.33. The van der Waals surface area contributed by atoms with Crippen LogP contribution in [0.4, 0.5) is 11.4 Å². The molecule has 0 fully saturated rings. The summed E-state index contributed by atoms with van der Waals surface area (Å²) in [4.78, 5) is 23.2. The van der Waals surface area contributed by atoms with Gasteiger partial charge < -0.3 is 5.32 Å². The Morgan fingerprint density at radius 1 is 1.07 bits per heavy atom. The zero-order valence-electron chi connectivity index (χ0n) is 15.0. The van der Waals surface area contributed by atoms with Gasteiger partial charge in [-0.05, 0) is 56.3 Å². The van der Waals surface area contributed by atoms with Crippen LogP contribution in [-0.4, -0.2) is 18.9 Å². The van der Waals surface area contributed by atoms with Gasteiger partial charge in [-0.2, -0.15) is 0 Å². The third-order valence-electron chi connectivity index (χ3n) is 3.87. The number of anilines is 2. The van der Waals surface area contributed by atoms with Crippen molar-refractivity contribution in [2.75, 3.05) is 10.0 Å². The molecule has 0 aliphatic heterocycles. The number of thiazole rings is 1. The Hall–Kier alpha value is -2.65. The molecule has 1 amide bonds. The highest BCUT2D eigenvalue weighted by Crippen LogP contribution is 2.26. The van der Waals surface area contributed by atoms with Crippen LogP contribution in [0, 0.1) is 0 Å². The summed E-state index contributed by atoms with van der Waals surface area (Å²) in [6.07, 6.45) is 0. The first-order chi connectivity index (χ1) is 12.7. The molecule has 0 spiro atoms. The smallest absolute Gasteiger partial charge is 0.308 e. The predicted molar refractivity (Wildman–Crippen MR) is 108 cm³/mol. The molecule has 142 valence electrons. The van der Waals surface area contributed by atoms with Crippen molar-refractivity contribution >= 4 is 48.9 Å². The van der Waals surface area contributed by atoms with Crippen LogP contribution < -0.4 is 14.9 Å². The number of sulfonamides is 1. The number of carbonyl (C=O) groups excluding carboxylic acids is 1. The van der Waals surface area contributed by atoms with Crippen molar-refractivity contribution in [2.24, 2.45) is 0 Å². The quantitative estimate of drug-likeness (QED) is 0.680. The average molecular weight is 406 g/mol. The van der Waals surface area contributed by atoms with Crippen LogP contribution in [0.5, 0.6) is 0 Å². The van der Waals surface area contributed by atoms with Gasteiger partial charge in [0.25, 0.3) is 10.0 Å². The first-order valence-electron chi connectivity index (χ1n) is 8.23. The Balaban J connectivity index is 1.89. The minimum atomic E-state index is -3.79. The van der Waals surface area contributed by atoms with Gasteiger partial charge in [0.2, 0.25) is 5.91 Å². The van der Waals surface area contributed by atoms with Crippen molar-refractivity contribution in [3.63, 3.8) is 0 Å². The summed E-state index contributed by atoms with van der Waals surface area (Å²) in [6.45, 7) is 5.23. The molecule has 3 rings (SSSR count). The maximum Gasteiger partial charge on any atom is 0.308 e. The SMILES string of the molecule is CC(=O)Nc1ccc(S(=O)(=O)Nc2ccc3c(c2)sc(=O)n3C(C)C)cc1. The standard InChI is InChI=1S/C18H19N3O4S2/c1-11(2)21-16-9-6-14(10-17(16)26-18(21)23)20-27(24,25)15-7-4-13(5-8-15)19-12(3)22/h4-11,20H,1-3H3,(H,19,22). The van der Waals surface area contributed by atoms with Gasteiger partial charge in [-0.15, -0.1) is 0 Å². The van der Waals surface area contributed by atoms with Crippen LogP contribution in [0.1, 0.15) is 26.8 Å². The number of nitrogens with zero attached hydrogens (tertiary/aromatic N) is 1. The van der Waals surface area contributed by atoms with E-state index in [4.69, 9.17) is 0 Å². The number of carbonyl (C=O) groups is 1. The Morgan fingerprint density at radius 2 is 1.70 bits per heavy atom. The number of nitrogens with one attached hydrogen (secondary N) is 2. The molecule has 27 heavy (non-hydrogen) atoms. The second kappa shape index (κ2) is 7.16. The van der Waals surface area contributed by atoms with Crippen molar-refractivity contribution in [1.29, 1.82) is 0 Å². The normalized spacial score (nSPS) is 11.7. The summed E-state index contributed by atoms with van der Waals surface area (Å²) in [5, 5.41) is 2.59. The monoisotopic (exact) mass is 405 g/mol. The van der Waals surface area contributed by atoms with Crippen LogP contribution in [0.3, 0.4) is 0 Å². The van der Waals surface area contributed by atoms with Crippen molar-refractivity contribution < 1.29 is 13.2 Å². The highest BCUT2D eigenvalue weighted by Gasteiger charge is 2.16. The van der Waals surface area contributed by atoms with E-state index in [9.17, 15) is 18.0 Å². The van der Waals surface area contributed by atoms with Gasteiger partial charge in [0.15, 0.2) is 0 Å². The molecule has 2 N–H and O–H groups in total. The van der Waals surface area contributed by atoms with Gasteiger partial charge in [-0.25, -0.2) is 8.42 Å². The fourth-order valence-corrected chi connectivity index (χ4v) is 4.83. The summed E-state index contributed by atoms with van der Waals surface area (Å²) in [5.41, 5.74) is 1.68. The molecule has 0 bridgehead atoms. The molecule has 2 aromatic carbocycles. The summed E-state index contributed by atoms with van der Waals surface area (Å²) < 4.78 is 30.1. The molecule has 0 unspecified atom stereocenters. The van der Waals surface area contributed by atoms with E-state index in [1.807, 2.05) is 13.8 Å². The van der Waals surface area contributed by atoms with Gasteiger partial charge >= 0.3 is 4.87 Å². The van der Waals surface area contributed by atoms with Gasteiger partial charge in [-0.1, -0.05) is 11.3 Å². The molecular formula is C18H19N3O4S2. The molecule has 0 radical (unpaired) electrons. The maximum absolute atomic E-state index is 12.6. The van der Waals surface area contributed by atoms with Crippen LogP contribution in [0.15, 0.2) is 52.2 Å². The largest absolute Gasteiger partial charge is 0.326 e. The third-order valence-corrected chi connectivity index (χ3v) is 6.18. The molecule has 9 heteroatoms. The van der Waals surface area contributed by atoms with Crippen LogP contribution >= 0.6 is 11.3 Å². The molecule has 0 saturated carbocycles.